The first-order valence-corrected chi connectivity index (χ1v) is 12.9. The first kappa shape index (κ1) is 27.6. The summed E-state index contributed by atoms with van der Waals surface area (Å²) in [5.74, 6) is -1.67. The lowest BCUT2D eigenvalue weighted by molar-refractivity contribution is -0.140. The molecular weight excluding hydrogens is 481 g/mol. The largest absolute Gasteiger partial charge is 0.350 e. The van der Waals surface area contributed by atoms with Crippen LogP contribution in [0.1, 0.15) is 38.8 Å². The van der Waals surface area contributed by atoms with E-state index in [-0.39, 0.29) is 23.2 Å². The van der Waals surface area contributed by atoms with E-state index in [0.29, 0.717) is 0 Å². The molecule has 7 nitrogen and oxygen atoms in total. The lowest BCUT2D eigenvalue weighted by atomic mass is 10.1. The van der Waals surface area contributed by atoms with Crippen LogP contribution in [0.5, 0.6) is 0 Å². The van der Waals surface area contributed by atoms with Gasteiger partial charge < -0.3 is 10.2 Å². The molecule has 1 N–H and O–H groups in total. The van der Waals surface area contributed by atoms with Crippen molar-refractivity contribution in [1.82, 2.24) is 10.2 Å². The van der Waals surface area contributed by atoms with Crippen LogP contribution >= 0.6 is 11.6 Å². The second-order valence-electron chi connectivity index (χ2n) is 9.29. The number of amides is 2. The van der Waals surface area contributed by atoms with Crippen molar-refractivity contribution in [2.45, 2.75) is 52.7 Å². The van der Waals surface area contributed by atoms with Gasteiger partial charge in [-0.3, -0.25) is 13.9 Å². The highest BCUT2D eigenvalue weighted by Gasteiger charge is 2.31. The van der Waals surface area contributed by atoms with Gasteiger partial charge in [0, 0.05) is 12.1 Å². The molecule has 0 fully saturated rings. The zero-order valence-corrected chi connectivity index (χ0v) is 21.8. The molecule has 0 aliphatic carbocycles. The number of aryl methyl sites for hydroxylation is 1. The Hall–Kier alpha value is -2.65. The van der Waals surface area contributed by atoms with Gasteiger partial charge in [0.15, 0.2) is 0 Å². The predicted molar refractivity (Wildman–Crippen MR) is 133 cm³/mol. The number of rotatable bonds is 8. The molecule has 186 valence electrons. The monoisotopic (exact) mass is 511 g/mol. The van der Waals surface area contributed by atoms with E-state index in [0.717, 1.165) is 33.8 Å². The van der Waals surface area contributed by atoms with Crippen molar-refractivity contribution in [3.63, 3.8) is 0 Å². The van der Waals surface area contributed by atoms with Gasteiger partial charge in [-0.05, 0) is 58.4 Å². The number of anilines is 1. The van der Waals surface area contributed by atoms with E-state index >= 15 is 0 Å². The maximum Gasteiger partial charge on any atom is 0.244 e. The highest BCUT2D eigenvalue weighted by Crippen LogP contribution is 2.25. The molecule has 0 saturated heterocycles. The third-order valence-corrected chi connectivity index (χ3v) is 6.40. The first-order chi connectivity index (χ1) is 15.6. The number of hydrogen-bond acceptors (Lipinski definition) is 4. The summed E-state index contributed by atoms with van der Waals surface area (Å²) in [4.78, 5) is 27.7. The second kappa shape index (κ2) is 10.7. The van der Waals surface area contributed by atoms with Gasteiger partial charge in [-0.15, -0.1) is 0 Å². The van der Waals surface area contributed by atoms with Gasteiger partial charge in [-0.1, -0.05) is 41.4 Å². The molecule has 0 heterocycles. The fourth-order valence-corrected chi connectivity index (χ4v) is 4.33. The van der Waals surface area contributed by atoms with Gasteiger partial charge in [-0.25, -0.2) is 12.8 Å². The van der Waals surface area contributed by atoms with Crippen LogP contribution in [-0.2, 0) is 26.2 Å². The van der Waals surface area contributed by atoms with E-state index in [2.05, 4.69) is 5.32 Å². The Balaban J connectivity index is 2.43. The van der Waals surface area contributed by atoms with Crippen LogP contribution in [0.15, 0.2) is 42.5 Å². The van der Waals surface area contributed by atoms with Crippen LogP contribution in [0.2, 0.25) is 5.02 Å². The van der Waals surface area contributed by atoms with Gasteiger partial charge >= 0.3 is 0 Å². The van der Waals surface area contributed by atoms with E-state index in [4.69, 9.17) is 11.6 Å². The van der Waals surface area contributed by atoms with Crippen molar-refractivity contribution >= 4 is 39.1 Å². The van der Waals surface area contributed by atoms with E-state index in [1.165, 1.54) is 11.0 Å². The fourth-order valence-electron chi connectivity index (χ4n) is 3.32. The molecule has 2 aromatic carbocycles. The van der Waals surface area contributed by atoms with Crippen LogP contribution in [0.3, 0.4) is 0 Å². The zero-order chi connectivity index (χ0) is 25.8. The number of halogens is 2. The summed E-state index contributed by atoms with van der Waals surface area (Å²) in [5.41, 5.74) is 1.30. The lowest BCUT2D eigenvalue weighted by Crippen LogP contribution is -2.54. The van der Waals surface area contributed by atoms with Crippen molar-refractivity contribution < 1.29 is 22.4 Å². The maximum absolute atomic E-state index is 13.6. The summed E-state index contributed by atoms with van der Waals surface area (Å²) < 4.78 is 39.5. The van der Waals surface area contributed by atoms with Crippen molar-refractivity contribution in [1.29, 1.82) is 0 Å². The van der Waals surface area contributed by atoms with Gasteiger partial charge in [0.25, 0.3) is 0 Å². The van der Waals surface area contributed by atoms with Gasteiger partial charge in [0.1, 0.15) is 18.4 Å². The smallest absolute Gasteiger partial charge is 0.244 e. The minimum Gasteiger partial charge on any atom is -0.350 e. The molecule has 0 aromatic heterocycles. The predicted octanol–water partition coefficient (Wildman–Crippen LogP) is 3.89. The summed E-state index contributed by atoms with van der Waals surface area (Å²) in [6.45, 7) is 8.50. The summed E-state index contributed by atoms with van der Waals surface area (Å²) in [6, 6.07) is 10.0. The second-order valence-corrected chi connectivity index (χ2v) is 11.6. The molecule has 1 unspecified atom stereocenters. The highest BCUT2D eigenvalue weighted by molar-refractivity contribution is 7.92. The third-order valence-electron chi connectivity index (χ3n) is 4.97. The molecule has 0 spiro atoms. The van der Waals surface area contributed by atoms with Crippen LogP contribution in [-0.4, -0.2) is 49.5 Å². The first-order valence-electron chi connectivity index (χ1n) is 10.7. The van der Waals surface area contributed by atoms with Crippen LogP contribution in [0, 0.1) is 12.7 Å². The molecule has 34 heavy (non-hydrogen) atoms. The Kier molecular flexibility index (Phi) is 8.71. The van der Waals surface area contributed by atoms with Crippen LogP contribution in [0.25, 0.3) is 0 Å². The number of carbonyl (C=O) groups is 2. The molecular formula is C24H31ClFN3O4S. The number of nitrogens with one attached hydrogen (secondary N) is 1. The Morgan fingerprint density at radius 3 is 2.32 bits per heavy atom. The number of sulfonamides is 1. The maximum atomic E-state index is 13.6. The third kappa shape index (κ3) is 7.70. The lowest BCUT2D eigenvalue weighted by Gasteiger charge is -2.33. The Labute approximate surface area is 205 Å². The topological polar surface area (TPSA) is 86.8 Å². The molecule has 10 heteroatoms. The van der Waals surface area contributed by atoms with Crippen molar-refractivity contribution in [3.05, 3.63) is 64.4 Å². The van der Waals surface area contributed by atoms with E-state index in [1.807, 2.05) is 52.0 Å². The molecule has 2 amide bonds. The van der Waals surface area contributed by atoms with Gasteiger partial charge in [-0.2, -0.15) is 0 Å². The van der Waals surface area contributed by atoms with E-state index in [9.17, 15) is 22.4 Å². The molecule has 1 atom stereocenters. The molecule has 0 aliphatic rings. The average Bonchev–Trinajstić information content (AvgIpc) is 2.69. The number of nitrogens with zero attached hydrogens (tertiary/aromatic N) is 2. The van der Waals surface area contributed by atoms with Crippen molar-refractivity contribution in [3.8, 4) is 0 Å². The molecule has 0 bridgehead atoms. The quantitative estimate of drug-likeness (QED) is 0.582. The van der Waals surface area contributed by atoms with Crippen molar-refractivity contribution in [2.75, 3.05) is 17.1 Å². The van der Waals surface area contributed by atoms with Gasteiger partial charge in [0.2, 0.25) is 21.8 Å². The number of benzene rings is 2. The fraction of sp³-hybridized carbons (Fsp3) is 0.417. The van der Waals surface area contributed by atoms with Crippen LogP contribution in [0.4, 0.5) is 10.1 Å². The van der Waals surface area contributed by atoms with Crippen molar-refractivity contribution in [2.24, 2.45) is 0 Å². The summed E-state index contributed by atoms with van der Waals surface area (Å²) >= 11 is 5.84. The standard InChI is InChI=1S/C24H31ClFN3O4S/c1-16-8-7-9-18(12-16)14-28(17(2)23(31)27-24(3,4)5)22(30)15-29(34(6,32)33)19-10-11-21(26)20(25)13-19/h7-13,17H,14-15H2,1-6H3,(H,27,31). The number of hydrogen-bond donors (Lipinski definition) is 1. The molecule has 0 radical (unpaired) electrons. The molecule has 0 aliphatic heterocycles. The van der Waals surface area contributed by atoms with Crippen LogP contribution < -0.4 is 9.62 Å². The van der Waals surface area contributed by atoms with E-state index < -0.39 is 39.9 Å². The van der Waals surface area contributed by atoms with E-state index in [1.54, 1.807) is 6.92 Å². The average molecular weight is 512 g/mol. The summed E-state index contributed by atoms with van der Waals surface area (Å²) in [6.07, 6.45) is 0.943. The highest BCUT2D eigenvalue weighted by atomic mass is 35.5. The summed E-state index contributed by atoms with van der Waals surface area (Å²) in [5, 5.41) is 2.59. The minimum absolute atomic E-state index is 0.0459. The Morgan fingerprint density at radius 2 is 1.79 bits per heavy atom. The molecule has 0 saturated carbocycles. The molecule has 2 aromatic rings. The number of carbonyl (C=O) groups excluding carboxylic acids is 2. The zero-order valence-electron chi connectivity index (χ0n) is 20.2. The Morgan fingerprint density at radius 1 is 1.15 bits per heavy atom. The Bertz CT molecular complexity index is 1170. The molecule has 2 rings (SSSR count). The van der Waals surface area contributed by atoms with Gasteiger partial charge in [0.05, 0.1) is 17.0 Å². The minimum atomic E-state index is -3.93. The normalized spacial score (nSPS) is 12.7. The summed E-state index contributed by atoms with van der Waals surface area (Å²) in [7, 11) is -3.93. The SMILES string of the molecule is Cc1cccc(CN(C(=O)CN(c2ccc(F)c(Cl)c2)S(C)(=O)=O)C(C)C(=O)NC(C)(C)C)c1.